The second kappa shape index (κ2) is 7.91. The van der Waals surface area contributed by atoms with E-state index in [-0.39, 0.29) is 23.6 Å². The Kier molecular flexibility index (Phi) is 5.16. The molecule has 0 bridgehead atoms. The van der Waals surface area contributed by atoms with E-state index in [2.05, 4.69) is 29.4 Å². The number of fused-ring (bicyclic) bond motifs is 1. The number of nitrogens with zero attached hydrogens (tertiary/aromatic N) is 3. The lowest BCUT2D eigenvalue weighted by atomic mass is 9.83. The van der Waals surface area contributed by atoms with E-state index in [4.69, 9.17) is 0 Å². The lowest BCUT2D eigenvalue weighted by molar-refractivity contribution is 0.0634. The molecule has 2 aromatic carbocycles. The van der Waals surface area contributed by atoms with Gasteiger partial charge in [0.05, 0.1) is 12.2 Å². The van der Waals surface area contributed by atoms with Crippen molar-refractivity contribution in [1.82, 2.24) is 14.7 Å². The van der Waals surface area contributed by atoms with Crippen LogP contribution in [0.1, 0.15) is 46.9 Å². The molecule has 148 valence electrons. The molecule has 1 aliphatic heterocycles. The molecule has 0 aliphatic carbocycles. The second-order valence-corrected chi connectivity index (χ2v) is 7.27. The van der Waals surface area contributed by atoms with Gasteiger partial charge in [-0.15, -0.1) is 0 Å². The Balaban J connectivity index is 1.93. The average Bonchev–Trinajstić information content (AvgIpc) is 2.75. The van der Waals surface area contributed by atoms with Crippen molar-refractivity contribution in [2.45, 2.75) is 25.3 Å². The number of hydrogen-bond donors (Lipinski definition) is 1. The largest absolute Gasteiger partial charge is 0.502 e. The summed E-state index contributed by atoms with van der Waals surface area (Å²) in [5.41, 5.74) is 1.50. The van der Waals surface area contributed by atoms with Crippen molar-refractivity contribution >= 4 is 5.91 Å². The van der Waals surface area contributed by atoms with Crippen LogP contribution in [-0.2, 0) is 0 Å². The van der Waals surface area contributed by atoms with Gasteiger partial charge in [-0.05, 0) is 17.5 Å². The summed E-state index contributed by atoms with van der Waals surface area (Å²) in [6, 6.07) is 19.8. The van der Waals surface area contributed by atoms with Crippen LogP contribution in [0.25, 0.3) is 0 Å². The first-order chi connectivity index (χ1) is 14.1. The summed E-state index contributed by atoms with van der Waals surface area (Å²) in [4.78, 5) is 26.7. The van der Waals surface area contributed by atoms with Crippen molar-refractivity contribution < 1.29 is 9.90 Å². The number of rotatable bonds is 5. The Morgan fingerprint density at radius 1 is 1.03 bits per heavy atom. The first-order valence-electron chi connectivity index (χ1n) is 9.81. The van der Waals surface area contributed by atoms with Crippen LogP contribution in [0.4, 0.5) is 0 Å². The summed E-state index contributed by atoms with van der Waals surface area (Å²) in [6.45, 7) is 3.00. The van der Waals surface area contributed by atoms with Gasteiger partial charge in [-0.25, -0.2) is 0 Å². The predicted molar refractivity (Wildman–Crippen MR) is 110 cm³/mol. The van der Waals surface area contributed by atoms with Crippen molar-refractivity contribution in [2.75, 3.05) is 13.1 Å². The number of aromatic hydroxyl groups is 1. The van der Waals surface area contributed by atoms with Crippen LogP contribution in [0.5, 0.6) is 5.75 Å². The zero-order valence-corrected chi connectivity index (χ0v) is 16.2. The summed E-state index contributed by atoms with van der Waals surface area (Å²) in [7, 11) is 0. The summed E-state index contributed by atoms with van der Waals surface area (Å²) in [5.74, 6) is -0.987. The lowest BCUT2D eigenvalue weighted by Crippen LogP contribution is -2.47. The topological polar surface area (TPSA) is 75.4 Å². The van der Waals surface area contributed by atoms with Crippen LogP contribution in [0, 0.1) is 0 Å². The molecule has 6 heteroatoms. The Morgan fingerprint density at radius 3 is 2.17 bits per heavy atom. The molecule has 1 amide bonds. The molecule has 6 nitrogen and oxygen atoms in total. The number of carbonyl (C=O) groups excluding carboxylic acids is 1. The third-order valence-corrected chi connectivity index (χ3v) is 5.39. The number of hydrogen-bond acceptors (Lipinski definition) is 4. The van der Waals surface area contributed by atoms with Gasteiger partial charge >= 0.3 is 0 Å². The van der Waals surface area contributed by atoms with E-state index in [9.17, 15) is 14.7 Å². The fourth-order valence-corrected chi connectivity index (χ4v) is 4.11. The van der Waals surface area contributed by atoms with Crippen molar-refractivity contribution in [2.24, 2.45) is 0 Å². The number of amides is 1. The van der Waals surface area contributed by atoms with Gasteiger partial charge in [-0.3, -0.25) is 14.3 Å². The minimum atomic E-state index is -0.641. The van der Waals surface area contributed by atoms with Crippen molar-refractivity contribution in [3.05, 3.63) is 93.9 Å². The molecule has 0 spiro atoms. The quantitative estimate of drug-likeness (QED) is 0.727. The minimum Gasteiger partial charge on any atom is -0.502 e. The summed E-state index contributed by atoms with van der Waals surface area (Å²) in [6.07, 6.45) is 1.87. The van der Waals surface area contributed by atoms with Gasteiger partial charge in [0.15, 0.2) is 11.4 Å². The third kappa shape index (κ3) is 3.42. The van der Waals surface area contributed by atoms with Gasteiger partial charge in [-0.1, -0.05) is 67.6 Å². The van der Waals surface area contributed by atoms with Gasteiger partial charge in [0, 0.05) is 19.0 Å². The summed E-state index contributed by atoms with van der Waals surface area (Å²) in [5, 5.41) is 14.7. The molecule has 1 N–H and O–H groups in total. The Bertz CT molecular complexity index is 1020. The van der Waals surface area contributed by atoms with Crippen LogP contribution in [0.3, 0.4) is 0 Å². The third-order valence-electron chi connectivity index (χ3n) is 5.39. The highest BCUT2D eigenvalue weighted by Gasteiger charge is 2.39. The van der Waals surface area contributed by atoms with Crippen LogP contribution < -0.4 is 5.43 Å². The lowest BCUT2D eigenvalue weighted by Gasteiger charge is -2.39. The molecule has 0 fully saturated rings. The van der Waals surface area contributed by atoms with Crippen molar-refractivity contribution in [3.63, 3.8) is 0 Å². The van der Waals surface area contributed by atoms with E-state index in [0.29, 0.717) is 13.1 Å². The van der Waals surface area contributed by atoms with Crippen molar-refractivity contribution in [1.29, 1.82) is 0 Å². The zero-order chi connectivity index (χ0) is 20.4. The molecule has 1 atom stereocenters. The molecule has 0 unspecified atom stereocenters. The fourth-order valence-electron chi connectivity index (χ4n) is 4.11. The van der Waals surface area contributed by atoms with E-state index in [1.807, 2.05) is 43.3 Å². The number of benzene rings is 2. The molecule has 0 saturated carbocycles. The fraction of sp³-hybridized carbons (Fsp3) is 0.261. The van der Waals surface area contributed by atoms with E-state index in [1.54, 1.807) is 4.90 Å². The first-order valence-corrected chi connectivity index (χ1v) is 9.81. The maximum atomic E-state index is 13.0. The smallest absolute Gasteiger partial charge is 0.276 e. The van der Waals surface area contributed by atoms with Gasteiger partial charge in [0.1, 0.15) is 0 Å². The number of carbonyl (C=O) groups is 1. The molecular weight excluding hydrogens is 366 g/mol. The molecule has 4 rings (SSSR count). The van der Waals surface area contributed by atoms with E-state index < -0.39 is 11.2 Å². The molecule has 3 aromatic rings. The SMILES string of the molecule is CCCN1C[C@H](C(c2ccccc2)c2ccccc2)n2ncc(=O)c(O)c2C1=O. The molecular formula is C23H23N3O3. The molecule has 0 saturated heterocycles. The van der Waals surface area contributed by atoms with Gasteiger partial charge < -0.3 is 10.0 Å². The predicted octanol–water partition coefficient (Wildman–Crippen LogP) is 3.19. The Hall–Kier alpha value is -3.41. The van der Waals surface area contributed by atoms with E-state index >= 15 is 0 Å². The summed E-state index contributed by atoms with van der Waals surface area (Å²) >= 11 is 0. The molecule has 2 heterocycles. The van der Waals surface area contributed by atoms with Crippen LogP contribution in [0.15, 0.2) is 71.7 Å². The van der Waals surface area contributed by atoms with Crippen LogP contribution >= 0.6 is 0 Å². The average molecular weight is 389 g/mol. The monoisotopic (exact) mass is 389 g/mol. The van der Waals surface area contributed by atoms with E-state index in [0.717, 1.165) is 23.7 Å². The standard InChI is InChI=1S/C23H23N3O3/c1-2-13-25-15-18(26-21(23(25)29)22(28)19(27)14-24-26)20(16-9-5-3-6-10-16)17-11-7-4-8-12-17/h3-12,14,18,20,28H,2,13,15H2,1H3/t18-/m1/s1. The highest BCUT2D eigenvalue weighted by Crippen LogP contribution is 2.39. The van der Waals surface area contributed by atoms with E-state index in [1.165, 1.54) is 4.68 Å². The summed E-state index contributed by atoms with van der Waals surface area (Å²) < 4.78 is 1.54. The molecule has 0 radical (unpaired) electrons. The van der Waals surface area contributed by atoms with Gasteiger partial charge in [0.2, 0.25) is 5.43 Å². The highest BCUT2D eigenvalue weighted by molar-refractivity contribution is 5.95. The Morgan fingerprint density at radius 2 is 1.62 bits per heavy atom. The molecule has 1 aliphatic rings. The van der Waals surface area contributed by atoms with Crippen molar-refractivity contribution in [3.8, 4) is 5.75 Å². The van der Waals surface area contributed by atoms with Crippen LogP contribution in [0.2, 0.25) is 0 Å². The first kappa shape index (κ1) is 18.9. The van der Waals surface area contributed by atoms with Gasteiger partial charge in [-0.2, -0.15) is 5.10 Å². The minimum absolute atomic E-state index is 0.0286. The number of aromatic nitrogens is 2. The Labute approximate surface area is 169 Å². The maximum Gasteiger partial charge on any atom is 0.276 e. The molecule has 29 heavy (non-hydrogen) atoms. The zero-order valence-electron chi connectivity index (χ0n) is 16.2. The molecule has 1 aromatic heterocycles. The highest BCUT2D eigenvalue weighted by atomic mass is 16.3. The second-order valence-electron chi connectivity index (χ2n) is 7.27. The maximum absolute atomic E-state index is 13.0. The normalized spacial score (nSPS) is 16.1. The van der Waals surface area contributed by atoms with Gasteiger partial charge in [0.25, 0.3) is 5.91 Å². The van der Waals surface area contributed by atoms with Crippen LogP contribution in [-0.4, -0.2) is 38.8 Å².